The van der Waals surface area contributed by atoms with Crippen molar-refractivity contribution >= 4 is 18.5 Å². The van der Waals surface area contributed by atoms with E-state index >= 15 is 0 Å². The molecular weight excluding hydrogens is 315 g/mol. The van der Waals surface area contributed by atoms with Crippen molar-refractivity contribution in [3.8, 4) is 0 Å². The van der Waals surface area contributed by atoms with Crippen molar-refractivity contribution in [3.05, 3.63) is 29.8 Å². The van der Waals surface area contributed by atoms with Gasteiger partial charge in [-0.3, -0.25) is 4.79 Å². The second kappa shape index (κ2) is 5.53. The Balaban J connectivity index is 1.89. The minimum Gasteiger partial charge on any atom is -0.399 e. The van der Waals surface area contributed by atoms with E-state index in [-0.39, 0.29) is 13.0 Å². The monoisotopic (exact) mass is 337 g/mol. The average molecular weight is 337 g/mol. The van der Waals surface area contributed by atoms with Gasteiger partial charge in [0.25, 0.3) is 11.8 Å². The Labute approximate surface area is 141 Å². The zero-order valence-corrected chi connectivity index (χ0v) is 14.4. The number of carbonyl (C=O) groups is 1. The molecule has 2 heterocycles. The fourth-order valence-corrected chi connectivity index (χ4v) is 2.95. The van der Waals surface area contributed by atoms with E-state index in [1.54, 1.807) is 24.3 Å². The summed E-state index contributed by atoms with van der Waals surface area (Å²) < 4.78 is 38.9. The number of hydrogen-bond donors (Lipinski definition) is 0. The molecule has 7 heteroatoms. The van der Waals surface area contributed by atoms with Gasteiger partial charge in [-0.2, -0.15) is 0 Å². The molecule has 0 saturated carbocycles. The first-order valence-corrected chi connectivity index (χ1v) is 8.14. The summed E-state index contributed by atoms with van der Waals surface area (Å²) in [6.45, 7) is 7.24. The molecule has 1 aromatic carbocycles. The number of carbonyl (C=O) groups excluding carboxylic acids is 1. The molecule has 0 aliphatic carbocycles. The minimum absolute atomic E-state index is 0.0591. The normalized spacial score (nSPS) is 24.4. The van der Waals surface area contributed by atoms with E-state index in [2.05, 4.69) is 0 Å². The number of amides is 1. The van der Waals surface area contributed by atoms with E-state index in [0.717, 1.165) is 0 Å². The van der Waals surface area contributed by atoms with Gasteiger partial charge in [-0.05, 0) is 39.2 Å². The molecule has 2 aliphatic rings. The quantitative estimate of drug-likeness (QED) is 0.779. The van der Waals surface area contributed by atoms with Crippen molar-refractivity contribution in [3.63, 3.8) is 0 Å². The Morgan fingerprint density at radius 2 is 1.71 bits per heavy atom. The van der Waals surface area contributed by atoms with Gasteiger partial charge in [0.05, 0.1) is 17.7 Å². The molecule has 2 saturated heterocycles. The SMILES string of the molecule is CC1(C)OB(c2ccccc2C(=O)N2CCC(F)(F)C2)OC1(C)C. The third kappa shape index (κ3) is 2.95. The third-order valence-electron chi connectivity index (χ3n) is 5.16. The van der Waals surface area contributed by atoms with E-state index in [0.29, 0.717) is 11.0 Å². The second-order valence-electron chi connectivity index (χ2n) is 7.51. The van der Waals surface area contributed by atoms with Crippen molar-refractivity contribution in [2.24, 2.45) is 0 Å². The number of benzene rings is 1. The Hall–Kier alpha value is -1.47. The summed E-state index contributed by atoms with van der Waals surface area (Å²) >= 11 is 0. The van der Waals surface area contributed by atoms with Crippen molar-refractivity contribution in [1.29, 1.82) is 0 Å². The van der Waals surface area contributed by atoms with Gasteiger partial charge in [-0.15, -0.1) is 0 Å². The lowest BCUT2D eigenvalue weighted by Crippen LogP contribution is -2.41. The van der Waals surface area contributed by atoms with Crippen molar-refractivity contribution < 1.29 is 22.9 Å². The van der Waals surface area contributed by atoms with Gasteiger partial charge in [-0.1, -0.05) is 18.2 Å². The Kier molecular flexibility index (Phi) is 4.00. The van der Waals surface area contributed by atoms with Crippen LogP contribution in [-0.4, -0.2) is 48.1 Å². The smallest absolute Gasteiger partial charge is 0.399 e. The van der Waals surface area contributed by atoms with Gasteiger partial charge in [0.15, 0.2) is 0 Å². The zero-order chi connectivity index (χ0) is 17.8. The third-order valence-corrected chi connectivity index (χ3v) is 5.16. The maximum Gasteiger partial charge on any atom is 0.495 e. The molecule has 1 amide bonds. The molecule has 0 atom stereocenters. The summed E-state index contributed by atoms with van der Waals surface area (Å²) in [6.07, 6.45) is -0.294. The predicted molar refractivity (Wildman–Crippen MR) is 87.6 cm³/mol. The number of rotatable bonds is 2. The lowest BCUT2D eigenvalue weighted by Gasteiger charge is -2.32. The van der Waals surface area contributed by atoms with Crippen LogP contribution in [0.25, 0.3) is 0 Å². The molecule has 24 heavy (non-hydrogen) atoms. The van der Waals surface area contributed by atoms with Crippen LogP contribution in [0, 0.1) is 0 Å². The van der Waals surface area contributed by atoms with Gasteiger partial charge in [0, 0.05) is 18.5 Å². The van der Waals surface area contributed by atoms with E-state index in [1.807, 2.05) is 27.7 Å². The maximum absolute atomic E-state index is 13.4. The second-order valence-corrected chi connectivity index (χ2v) is 7.51. The van der Waals surface area contributed by atoms with Crippen LogP contribution < -0.4 is 5.46 Å². The van der Waals surface area contributed by atoms with Gasteiger partial charge >= 0.3 is 7.12 Å². The van der Waals surface area contributed by atoms with Crippen LogP contribution in [0.1, 0.15) is 44.5 Å². The molecule has 0 spiro atoms. The summed E-state index contributed by atoms with van der Waals surface area (Å²) in [5.41, 5.74) is -0.131. The van der Waals surface area contributed by atoms with Crippen LogP contribution in [0.15, 0.2) is 24.3 Å². The van der Waals surface area contributed by atoms with Crippen molar-refractivity contribution in [1.82, 2.24) is 4.90 Å². The van der Waals surface area contributed by atoms with Crippen LogP contribution in [-0.2, 0) is 9.31 Å². The molecule has 0 bridgehead atoms. The molecule has 2 fully saturated rings. The number of likely N-dealkylation sites (tertiary alicyclic amines) is 1. The first kappa shape index (κ1) is 17.4. The molecular formula is C17H22BF2NO3. The Bertz CT molecular complexity index is 647. The molecule has 130 valence electrons. The fourth-order valence-electron chi connectivity index (χ4n) is 2.95. The number of alkyl halides is 2. The average Bonchev–Trinajstić information content (AvgIpc) is 2.95. The van der Waals surface area contributed by atoms with E-state index in [9.17, 15) is 13.6 Å². The first-order chi connectivity index (χ1) is 11.0. The van der Waals surface area contributed by atoms with Gasteiger partial charge in [-0.25, -0.2) is 8.78 Å². The highest BCUT2D eigenvalue weighted by Gasteiger charge is 2.52. The molecule has 2 aliphatic heterocycles. The fraction of sp³-hybridized carbons (Fsp3) is 0.588. The molecule has 0 N–H and O–H groups in total. The first-order valence-electron chi connectivity index (χ1n) is 8.14. The van der Waals surface area contributed by atoms with E-state index in [4.69, 9.17) is 9.31 Å². The molecule has 0 radical (unpaired) electrons. The molecule has 1 aromatic rings. The molecule has 3 rings (SSSR count). The largest absolute Gasteiger partial charge is 0.495 e. The Morgan fingerprint density at radius 3 is 2.25 bits per heavy atom. The summed E-state index contributed by atoms with van der Waals surface area (Å²) in [6, 6.07) is 6.90. The van der Waals surface area contributed by atoms with Gasteiger partial charge in [0.1, 0.15) is 0 Å². The molecule has 0 aromatic heterocycles. The van der Waals surface area contributed by atoms with Crippen LogP contribution in [0.2, 0.25) is 0 Å². The maximum atomic E-state index is 13.4. The van der Waals surface area contributed by atoms with Gasteiger partial charge < -0.3 is 14.2 Å². The van der Waals surface area contributed by atoms with Crippen molar-refractivity contribution in [2.75, 3.05) is 13.1 Å². The van der Waals surface area contributed by atoms with Crippen LogP contribution in [0.5, 0.6) is 0 Å². The number of nitrogens with zero attached hydrogens (tertiary/aromatic N) is 1. The minimum atomic E-state index is -2.81. The van der Waals surface area contributed by atoms with Crippen LogP contribution in [0.3, 0.4) is 0 Å². The highest BCUT2D eigenvalue weighted by atomic mass is 19.3. The lowest BCUT2D eigenvalue weighted by molar-refractivity contribution is 0.00578. The standard InChI is InChI=1S/C17H22BF2NO3/c1-15(2)16(3,4)24-18(23-15)13-8-6-5-7-12(13)14(22)21-10-9-17(19,20)11-21/h5-8H,9-11H2,1-4H3. The molecule has 4 nitrogen and oxygen atoms in total. The number of hydrogen-bond acceptors (Lipinski definition) is 3. The summed E-state index contributed by atoms with van der Waals surface area (Å²) in [7, 11) is -0.696. The van der Waals surface area contributed by atoms with Crippen molar-refractivity contribution in [2.45, 2.75) is 51.2 Å². The Morgan fingerprint density at radius 1 is 1.12 bits per heavy atom. The van der Waals surface area contributed by atoms with Crippen LogP contribution in [0.4, 0.5) is 8.78 Å². The molecule has 0 unspecified atom stereocenters. The highest BCUT2D eigenvalue weighted by Crippen LogP contribution is 2.37. The van der Waals surface area contributed by atoms with Crippen LogP contribution >= 0.6 is 0 Å². The summed E-state index contributed by atoms with van der Waals surface area (Å²) in [4.78, 5) is 13.9. The highest BCUT2D eigenvalue weighted by molar-refractivity contribution is 6.63. The summed E-state index contributed by atoms with van der Waals surface area (Å²) in [5.74, 6) is -3.22. The van der Waals surface area contributed by atoms with Gasteiger partial charge in [0.2, 0.25) is 0 Å². The summed E-state index contributed by atoms with van der Waals surface area (Å²) in [5, 5.41) is 0. The predicted octanol–water partition coefficient (Wildman–Crippen LogP) is 2.47. The topological polar surface area (TPSA) is 38.8 Å². The zero-order valence-electron chi connectivity index (χ0n) is 14.4. The number of halogens is 2. The van der Waals surface area contributed by atoms with E-state index < -0.39 is 36.7 Å². The lowest BCUT2D eigenvalue weighted by atomic mass is 9.75. The van der Waals surface area contributed by atoms with E-state index in [1.165, 1.54) is 4.90 Å².